The minimum atomic E-state index is -3.66. The van der Waals surface area contributed by atoms with Gasteiger partial charge in [0.2, 0.25) is 10.0 Å². The van der Waals surface area contributed by atoms with E-state index >= 15 is 0 Å². The lowest BCUT2D eigenvalue weighted by molar-refractivity contribution is 0.0958. The van der Waals surface area contributed by atoms with Crippen LogP contribution in [0.25, 0.3) is 0 Å². The van der Waals surface area contributed by atoms with E-state index in [0.717, 1.165) is 5.56 Å². The normalized spacial score (nSPS) is 19.4. The van der Waals surface area contributed by atoms with Gasteiger partial charge in [-0.1, -0.05) is 29.8 Å². The first-order valence-electron chi connectivity index (χ1n) is 6.97. The Hall–Kier alpha value is -1.89. The van der Waals surface area contributed by atoms with Crippen LogP contribution in [-0.4, -0.2) is 21.1 Å². The molecule has 0 fully saturated rings. The number of rotatable bonds is 5. The maximum absolute atomic E-state index is 12.6. The van der Waals surface area contributed by atoms with E-state index in [1.54, 1.807) is 36.4 Å². The van der Waals surface area contributed by atoms with Gasteiger partial charge in [-0.2, -0.15) is 4.72 Å². The van der Waals surface area contributed by atoms with Crippen LogP contribution in [0.3, 0.4) is 0 Å². The van der Waals surface area contributed by atoms with E-state index in [1.807, 2.05) is 19.1 Å². The van der Waals surface area contributed by atoms with Gasteiger partial charge < -0.3 is 9.15 Å². The van der Waals surface area contributed by atoms with Crippen molar-refractivity contribution in [1.82, 2.24) is 4.72 Å². The standard InChI is InChI=1S/C16H17NO4S/c1-12-6-8-13(9-7-12)22(18,19)17-16(14-4-2-10-20-14)15-5-3-11-21-15/h2-10,15-17H,11H2,1H3/t15-,16-/m0/s1. The van der Waals surface area contributed by atoms with Crippen molar-refractivity contribution >= 4 is 10.0 Å². The Morgan fingerprint density at radius 1 is 1.23 bits per heavy atom. The van der Waals surface area contributed by atoms with Gasteiger partial charge >= 0.3 is 0 Å². The molecule has 1 aliphatic rings. The zero-order valence-corrected chi connectivity index (χ0v) is 12.9. The number of hydrogen-bond acceptors (Lipinski definition) is 4. The van der Waals surface area contributed by atoms with Crippen molar-refractivity contribution in [2.75, 3.05) is 6.61 Å². The number of benzene rings is 1. The molecule has 0 saturated carbocycles. The second-order valence-corrected chi connectivity index (χ2v) is 6.87. The van der Waals surface area contributed by atoms with Gasteiger partial charge in [0.1, 0.15) is 11.8 Å². The summed E-state index contributed by atoms with van der Waals surface area (Å²) in [5, 5.41) is 0. The van der Waals surface area contributed by atoms with Crippen LogP contribution in [0.1, 0.15) is 17.4 Å². The zero-order chi connectivity index (χ0) is 15.6. The summed E-state index contributed by atoms with van der Waals surface area (Å²) in [6, 6.07) is 9.56. The molecule has 2 atom stereocenters. The molecular formula is C16H17NO4S. The fourth-order valence-electron chi connectivity index (χ4n) is 2.33. The number of sulfonamides is 1. The van der Waals surface area contributed by atoms with Gasteiger partial charge in [-0.25, -0.2) is 8.42 Å². The van der Waals surface area contributed by atoms with Crippen molar-refractivity contribution in [3.05, 3.63) is 66.1 Å². The van der Waals surface area contributed by atoms with Crippen LogP contribution in [0, 0.1) is 6.92 Å². The fourth-order valence-corrected chi connectivity index (χ4v) is 3.54. The van der Waals surface area contributed by atoms with E-state index in [0.29, 0.717) is 12.4 Å². The molecule has 116 valence electrons. The molecule has 0 unspecified atom stereocenters. The summed E-state index contributed by atoms with van der Waals surface area (Å²) < 4.78 is 38.7. The topological polar surface area (TPSA) is 68.5 Å². The van der Waals surface area contributed by atoms with Gasteiger partial charge in [0.15, 0.2) is 0 Å². The number of ether oxygens (including phenoxy) is 1. The van der Waals surface area contributed by atoms with Crippen LogP contribution in [0.15, 0.2) is 64.1 Å². The Labute approximate surface area is 129 Å². The number of furan rings is 1. The molecule has 0 aliphatic carbocycles. The van der Waals surface area contributed by atoms with Gasteiger partial charge in [0, 0.05) is 0 Å². The predicted octanol–water partition coefficient (Wildman–Crippen LogP) is 2.56. The van der Waals surface area contributed by atoms with Gasteiger partial charge in [0.05, 0.1) is 23.9 Å². The van der Waals surface area contributed by atoms with Crippen molar-refractivity contribution < 1.29 is 17.6 Å². The molecule has 1 N–H and O–H groups in total. The lowest BCUT2D eigenvalue weighted by Crippen LogP contribution is -2.35. The van der Waals surface area contributed by atoms with Crippen LogP contribution in [0.2, 0.25) is 0 Å². The van der Waals surface area contributed by atoms with Crippen LogP contribution < -0.4 is 4.72 Å². The summed E-state index contributed by atoms with van der Waals surface area (Å²) in [4.78, 5) is 0.219. The Bertz CT molecular complexity index is 748. The molecule has 2 heterocycles. The highest BCUT2D eigenvalue weighted by atomic mass is 32.2. The molecule has 3 rings (SSSR count). The fraction of sp³-hybridized carbons (Fsp3) is 0.250. The minimum absolute atomic E-state index is 0.219. The van der Waals surface area contributed by atoms with E-state index in [2.05, 4.69) is 4.72 Å². The van der Waals surface area contributed by atoms with Crippen LogP contribution in [0.4, 0.5) is 0 Å². The maximum Gasteiger partial charge on any atom is 0.241 e. The molecular weight excluding hydrogens is 302 g/mol. The first-order chi connectivity index (χ1) is 10.6. The van der Waals surface area contributed by atoms with Crippen LogP contribution >= 0.6 is 0 Å². The highest BCUT2D eigenvalue weighted by Gasteiger charge is 2.31. The Balaban J connectivity index is 1.89. The molecule has 22 heavy (non-hydrogen) atoms. The van der Waals surface area contributed by atoms with Crippen LogP contribution in [0.5, 0.6) is 0 Å². The SMILES string of the molecule is Cc1ccc(S(=O)(=O)N[C@@H](c2ccco2)[C@@H]2C=CCO2)cc1. The van der Waals surface area contributed by atoms with Crippen molar-refractivity contribution in [2.24, 2.45) is 0 Å². The second-order valence-electron chi connectivity index (χ2n) is 5.15. The molecule has 5 nitrogen and oxygen atoms in total. The molecule has 1 aromatic carbocycles. The van der Waals surface area contributed by atoms with E-state index in [9.17, 15) is 8.42 Å². The molecule has 2 aromatic rings. The number of nitrogens with one attached hydrogen (secondary N) is 1. The predicted molar refractivity (Wildman–Crippen MR) is 81.8 cm³/mol. The van der Waals surface area contributed by atoms with Crippen LogP contribution in [-0.2, 0) is 14.8 Å². The third-order valence-corrected chi connectivity index (χ3v) is 4.96. The second kappa shape index (κ2) is 6.08. The van der Waals surface area contributed by atoms with Crippen molar-refractivity contribution in [3.63, 3.8) is 0 Å². The molecule has 0 spiro atoms. The van der Waals surface area contributed by atoms with E-state index in [-0.39, 0.29) is 11.0 Å². The Morgan fingerprint density at radius 2 is 2.00 bits per heavy atom. The van der Waals surface area contributed by atoms with Gasteiger partial charge in [-0.3, -0.25) is 0 Å². The summed E-state index contributed by atoms with van der Waals surface area (Å²) in [5.41, 5.74) is 1.00. The van der Waals surface area contributed by atoms with Gasteiger partial charge in [-0.05, 0) is 31.2 Å². The van der Waals surface area contributed by atoms with Crippen molar-refractivity contribution in [1.29, 1.82) is 0 Å². The molecule has 6 heteroatoms. The lowest BCUT2D eigenvalue weighted by Gasteiger charge is -2.21. The molecule has 0 radical (unpaired) electrons. The largest absolute Gasteiger partial charge is 0.468 e. The quantitative estimate of drug-likeness (QED) is 0.860. The number of aryl methyl sites for hydroxylation is 1. The summed E-state index contributed by atoms with van der Waals surface area (Å²) in [6.07, 6.45) is 4.83. The van der Waals surface area contributed by atoms with E-state index in [1.165, 1.54) is 6.26 Å². The average Bonchev–Trinajstić information content (AvgIpc) is 3.19. The highest BCUT2D eigenvalue weighted by molar-refractivity contribution is 7.89. The van der Waals surface area contributed by atoms with Crippen molar-refractivity contribution in [3.8, 4) is 0 Å². The number of hydrogen-bond donors (Lipinski definition) is 1. The monoisotopic (exact) mass is 319 g/mol. The summed E-state index contributed by atoms with van der Waals surface area (Å²) >= 11 is 0. The molecule has 1 aliphatic heterocycles. The highest BCUT2D eigenvalue weighted by Crippen LogP contribution is 2.26. The molecule has 0 bridgehead atoms. The third kappa shape index (κ3) is 3.14. The Morgan fingerprint density at radius 3 is 2.59 bits per heavy atom. The first kappa shape index (κ1) is 15.0. The average molecular weight is 319 g/mol. The minimum Gasteiger partial charge on any atom is -0.468 e. The summed E-state index contributed by atoms with van der Waals surface area (Å²) in [5.74, 6) is 0.521. The van der Waals surface area contributed by atoms with E-state index in [4.69, 9.17) is 9.15 Å². The third-order valence-electron chi connectivity index (χ3n) is 3.50. The summed E-state index contributed by atoms with van der Waals surface area (Å²) in [7, 11) is -3.66. The van der Waals surface area contributed by atoms with Gasteiger partial charge in [-0.15, -0.1) is 0 Å². The molecule has 0 saturated heterocycles. The molecule has 1 aromatic heterocycles. The smallest absolute Gasteiger partial charge is 0.241 e. The Kier molecular flexibility index (Phi) is 4.15. The lowest BCUT2D eigenvalue weighted by atomic mass is 10.1. The van der Waals surface area contributed by atoms with Crippen molar-refractivity contribution in [2.45, 2.75) is 24.0 Å². The first-order valence-corrected chi connectivity index (χ1v) is 8.45. The zero-order valence-electron chi connectivity index (χ0n) is 12.1. The molecule has 0 amide bonds. The van der Waals surface area contributed by atoms with E-state index < -0.39 is 16.1 Å². The van der Waals surface area contributed by atoms with Gasteiger partial charge in [0.25, 0.3) is 0 Å². The summed E-state index contributed by atoms with van der Waals surface area (Å²) in [6.45, 7) is 2.38. The maximum atomic E-state index is 12.6.